The van der Waals surface area contributed by atoms with Gasteiger partial charge in [0.1, 0.15) is 20.2 Å². The SMILES string of the molecule is O=C([O-])c1ccc(S(=O)(=O)[O-])c(C(=O)[O-])c1.O=C([O-])c1ccc(S(=O)(=O)[O-])c(C(=O)[O-])c1.[Zn+2].[Zn+2].[Zn+2]. The third-order valence-electron chi connectivity index (χ3n) is 3.41. The van der Waals surface area contributed by atoms with Crippen LogP contribution < -0.4 is 20.4 Å². The van der Waals surface area contributed by atoms with E-state index in [0.29, 0.717) is 24.3 Å². The van der Waals surface area contributed by atoms with Gasteiger partial charge in [-0.05, 0) is 35.4 Å². The number of hydrogen-bond donors (Lipinski definition) is 0. The summed E-state index contributed by atoms with van der Waals surface area (Å²) < 4.78 is 63.8. The van der Waals surface area contributed by atoms with Crippen LogP contribution in [0.25, 0.3) is 0 Å². The molecule has 0 saturated heterocycles. The van der Waals surface area contributed by atoms with Crippen LogP contribution >= 0.6 is 0 Å². The van der Waals surface area contributed by atoms with Crippen LogP contribution in [0.3, 0.4) is 0 Å². The van der Waals surface area contributed by atoms with Gasteiger partial charge in [0.25, 0.3) is 0 Å². The number of carboxylic acid groups (broad SMARTS) is 4. The standard InChI is InChI=1S/2C8H6O7S.3Zn/c2*9-7(10)4-1-2-6(16(13,14)15)5(3-4)8(11)12;;;/h2*1-3H,(H,9,10)(H,11,12)(H,13,14,15);;;/q;;3*+2/p-6. The predicted octanol–water partition coefficient (Wildman–Crippen LogP) is -5.37. The molecule has 0 aromatic heterocycles. The van der Waals surface area contributed by atoms with E-state index in [1.165, 1.54) is 0 Å². The second-order valence-electron chi connectivity index (χ2n) is 5.48. The van der Waals surface area contributed by atoms with Gasteiger partial charge in [-0.25, -0.2) is 16.8 Å². The number of aromatic carboxylic acids is 4. The molecule has 172 valence electrons. The Hall–Kier alpha value is -1.99. The molecule has 0 fully saturated rings. The molecule has 2 aromatic rings. The topological polar surface area (TPSA) is 275 Å². The molecule has 0 heterocycles. The van der Waals surface area contributed by atoms with Crippen molar-refractivity contribution >= 4 is 44.1 Å². The van der Waals surface area contributed by atoms with Crippen LogP contribution in [0.5, 0.6) is 0 Å². The van der Waals surface area contributed by atoms with Gasteiger partial charge in [0.15, 0.2) is 0 Å². The number of carbonyl (C=O) groups is 4. The molecule has 0 bridgehead atoms. The van der Waals surface area contributed by atoms with E-state index in [1.54, 1.807) is 0 Å². The van der Waals surface area contributed by atoms with Crippen LogP contribution in [0, 0.1) is 0 Å². The van der Waals surface area contributed by atoms with E-state index in [2.05, 4.69) is 0 Å². The van der Waals surface area contributed by atoms with Crippen molar-refractivity contribution in [3.8, 4) is 0 Å². The summed E-state index contributed by atoms with van der Waals surface area (Å²) in [5, 5.41) is 41.8. The third-order valence-corrected chi connectivity index (χ3v) is 5.20. The van der Waals surface area contributed by atoms with Crippen LogP contribution in [-0.4, -0.2) is 49.8 Å². The summed E-state index contributed by atoms with van der Waals surface area (Å²) in [7, 11) is -10.0. The normalized spacial score (nSPS) is 10.1. The summed E-state index contributed by atoms with van der Waals surface area (Å²) in [5.74, 6) is -7.32. The van der Waals surface area contributed by atoms with E-state index in [0.717, 1.165) is 12.1 Å². The largest absolute Gasteiger partial charge is 2.00 e. The molecule has 0 unspecified atom stereocenters. The fraction of sp³-hybridized carbons (Fsp3) is 0. The van der Waals surface area contributed by atoms with E-state index in [9.17, 15) is 65.5 Å². The van der Waals surface area contributed by atoms with Gasteiger partial charge in [-0.3, -0.25) is 0 Å². The van der Waals surface area contributed by atoms with E-state index in [1.807, 2.05) is 0 Å². The van der Waals surface area contributed by atoms with Crippen molar-refractivity contribution in [2.75, 3.05) is 0 Å². The Kier molecular flexibility index (Phi) is 15.6. The van der Waals surface area contributed by atoms with Crippen molar-refractivity contribution in [2.45, 2.75) is 9.79 Å². The van der Waals surface area contributed by atoms with Crippen LogP contribution in [0.4, 0.5) is 0 Å². The smallest absolute Gasteiger partial charge is 0.744 e. The molecular formula is C16H6O14S2Zn3. The maximum absolute atomic E-state index is 10.6. The predicted molar refractivity (Wildman–Crippen MR) is 86.1 cm³/mol. The van der Waals surface area contributed by atoms with Gasteiger partial charge in [0, 0.05) is 11.1 Å². The summed E-state index contributed by atoms with van der Waals surface area (Å²) in [5.41, 5.74) is -3.13. The second kappa shape index (κ2) is 14.5. The van der Waals surface area contributed by atoms with Crippen molar-refractivity contribution in [1.29, 1.82) is 0 Å². The van der Waals surface area contributed by atoms with Crippen LogP contribution in [-0.2, 0) is 78.7 Å². The fourth-order valence-corrected chi connectivity index (χ4v) is 3.36. The Morgan fingerprint density at radius 2 is 0.771 bits per heavy atom. The summed E-state index contributed by atoms with van der Waals surface area (Å²) in [4.78, 5) is 39.7. The minimum Gasteiger partial charge on any atom is -0.744 e. The Balaban J connectivity index is -0.000000539. The minimum atomic E-state index is -5.01. The Morgan fingerprint density at radius 1 is 0.514 bits per heavy atom. The van der Waals surface area contributed by atoms with E-state index in [4.69, 9.17) is 0 Å². The van der Waals surface area contributed by atoms with Crippen LogP contribution in [0.15, 0.2) is 46.2 Å². The Bertz CT molecular complexity index is 1230. The van der Waals surface area contributed by atoms with Gasteiger partial charge in [0.2, 0.25) is 0 Å². The molecule has 0 spiro atoms. The molecule has 0 N–H and O–H groups in total. The number of rotatable bonds is 6. The average molecular weight is 683 g/mol. The summed E-state index contributed by atoms with van der Waals surface area (Å²) in [6.07, 6.45) is 0. The van der Waals surface area contributed by atoms with Gasteiger partial charge in [-0.2, -0.15) is 0 Å². The molecule has 0 saturated carbocycles. The van der Waals surface area contributed by atoms with Crippen molar-refractivity contribution in [2.24, 2.45) is 0 Å². The maximum Gasteiger partial charge on any atom is 2.00 e. The Labute approximate surface area is 235 Å². The molecule has 0 amide bonds. The molecule has 2 rings (SSSR count). The van der Waals surface area contributed by atoms with Crippen molar-refractivity contribution in [1.82, 2.24) is 0 Å². The number of hydrogen-bond acceptors (Lipinski definition) is 14. The first-order valence-corrected chi connectivity index (χ1v) is 10.3. The van der Waals surface area contributed by atoms with Crippen molar-refractivity contribution in [3.63, 3.8) is 0 Å². The van der Waals surface area contributed by atoms with Gasteiger partial charge < -0.3 is 48.7 Å². The molecule has 0 aliphatic rings. The van der Waals surface area contributed by atoms with E-state index in [-0.39, 0.29) is 58.4 Å². The summed E-state index contributed by atoms with van der Waals surface area (Å²) >= 11 is 0. The number of carbonyl (C=O) groups excluding carboxylic acids is 4. The van der Waals surface area contributed by atoms with Crippen molar-refractivity contribution < 1.29 is 124 Å². The quantitative estimate of drug-likeness (QED) is 0.203. The monoisotopic (exact) mass is 678 g/mol. The summed E-state index contributed by atoms with van der Waals surface area (Å²) in [6.45, 7) is 0. The number of benzene rings is 2. The van der Waals surface area contributed by atoms with E-state index < -0.39 is 76.2 Å². The second-order valence-corrected chi connectivity index (χ2v) is 8.18. The van der Waals surface area contributed by atoms with Crippen molar-refractivity contribution in [3.05, 3.63) is 58.7 Å². The average Bonchev–Trinajstić information content (AvgIpc) is 2.65. The third kappa shape index (κ3) is 10.7. The first-order valence-electron chi connectivity index (χ1n) is 7.52. The zero-order valence-corrected chi connectivity index (χ0v) is 27.7. The molecular weight excluding hydrogens is 676 g/mol. The molecule has 35 heavy (non-hydrogen) atoms. The molecule has 14 nitrogen and oxygen atoms in total. The van der Waals surface area contributed by atoms with Gasteiger partial charge in [0.05, 0.1) is 33.7 Å². The minimum absolute atomic E-state index is 0. The zero-order valence-electron chi connectivity index (χ0n) is 17.1. The van der Waals surface area contributed by atoms with Crippen LogP contribution in [0.1, 0.15) is 41.4 Å². The molecule has 0 atom stereocenters. The van der Waals surface area contributed by atoms with E-state index >= 15 is 0 Å². The molecule has 2 aromatic carbocycles. The molecule has 0 radical (unpaired) electrons. The zero-order chi connectivity index (χ0) is 25.0. The first kappa shape index (κ1) is 37.6. The summed E-state index contributed by atoms with van der Waals surface area (Å²) in [6, 6.07) is 3.67. The van der Waals surface area contributed by atoms with Gasteiger partial charge in [-0.15, -0.1) is 0 Å². The number of carboxylic acids is 4. The molecule has 19 heteroatoms. The fourth-order valence-electron chi connectivity index (χ4n) is 2.07. The maximum atomic E-state index is 10.6. The Morgan fingerprint density at radius 3 is 0.943 bits per heavy atom. The molecule has 0 aliphatic heterocycles. The van der Waals surface area contributed by atoms with Gasteiger partial charge >= 0.3 is 58.4 Å². The van der Waals surface area contributed by atoms with Gasteiger partial charge in [-0.1, -0.05) is 12.1 Å². The first-order chi connectivity index (χ1) is 14.5. The van der Waals surface area contributed by atoms with Crippen LogP contribution in [0.2, 0.25) is 0 Å². The molecule has 0 aliphatic carbocycles.